The smallest absolute Gasteiger partial charge is 0.244 e. The van der Waals surface area contributed by atoms with Gasteiger partial charge in [-0.1, -0.05) is 35.7 Å². The number of hydrogen-bond acceptors (Lipinski definition) is 4. The van der Waals surface area contributed by atoms with Crippen LogP contribution in [0.1, 0.15) is 32.6 Å². The van der Waals surface area contributed by atoms with Crippen molar-refractivity contribution in [2.75, 3.05) is 13.7 Å². The Hall–Kier alpha value is -0.340. The Morgan fingerprint density at radius 2 is 2.13 bits per heavy atom. The van der Waals surface area contributed by atoms with E-state index < -0.39 is 15.6 Å². The lowest BCUT2D eigenvalue weighted by Crippen LogP contribution is -2.58. The fourth-order valence-electron chi connectivity index (χ4n) is 3.09. The van der Waals surface area contributed by atoms with Crippen molar-refractivity contribution in [3.05, 3.63) is 22.7 Å². The first-order chi connectivity index (χ1) is 10.3. The van der Waals surface area contributed by atoms with Crippen LogP contribution in [0.25, 0.3) is 0 Å². The molecule has 1 saturated carbocycles. The summed E-state index contributed by atoms with van der Waals surface area (Å²) in [6.45, 7) is 2.36. The highest BCUT2D eigenvalue weighted by atomic mass is 79.9. The number of nitrogens with one attached hydrogen (secondary N) is 1. The highest BCUT2D eigenvalue weighted by molar-refractivity contribution is 9.10. The first-order valence-corrected chi connectivity index (χ1v) is 9.70. The normalized spacial score (nSPS) is 24.8. The van der Waals surface area contributed by atoms with Gasteiger partial charge < -0.3 is 10.5 Å². The average Bonchev–Trinajstić information content (AvgIpc) is 2.49. The van der Waals surface area contributed by atoms with Gasteiger partial charge in [-0.05, 0) is 37.0 Å². The molecule has 0 bridgehead atoms. The molecule has 3 N–H and O–H groups in total. The van der Waals surface area contributed by atoms with Crippen molar-refractivity contribution >= 4 is 38.4 Å². The van der Waals surface area contributed by atoms with E-state index in [1.165, 1.54) is 7.11 Å². The summed E-state index contributed by atoms with van der Waals surface area (Å²) in [7, 11) is -2.25. The maximum Gasteiger partial charge on any atom is 0.244 e. The molecule has 0 aromatic heterocycles. The molecule has 8 heteroatoms. The molecule has 0 heterocycles. The summed E-state index contributed by atoms with van der Waals surface area (Å²) in [4.78, 5) is 0.134. The summed E-state index contributed by atoms with van der Waals surface area (Å²) < 4.78 is 34.5. The predicted molar refractivity (Wildman–Crippen MR) is 97.7 cm³/mol. The van der Waals surface area contributed by atoms with E-state index in [-0.39, 0.29) is 23.2 Å². The molecule has 1 fully saturated rings. The minimum Gasteiger partial charge on any atom is -0.495 e. The molecule has 1 aromatic carbocycles. The Bertz CT molecular complexity index is 642. The Morgan fingerprint density at radius 1 is 1.43 bits per heavy atom. The quantitative estimate of drug-likeness (QED) is 0.756. The Kier molecular flexibility index (Phi) is 7.35. The van der Waals surface area contributed by atoms with E-state index in [4.69, 9.17) is 10.5 Å². The lowest BCUT2D eigenvalue weighted by Gasteiger charge is -2.42. The van der Waals surface area contributed by atoms with E-state index in [1.807, 2.05) is 0 Å². The number of nitrogens with two attached hydrogens (primary N) is 1. The van der Waals surface area contributed by atoms with Crippen LogP contribution in [-0.4, -0.2) is 27.6 Å². The van der Waals surface area contributed by atoms with E-state index >= 15 is 0 Å². The molecule has 0 spiro atoms. The van der Waals surface area contributed by atoms with Gasteiger partial charge in [0.1, 0.15) is 10.6 Å². The lowest BCUT2D eigenvalue weighted by molar-refractivity contribution is 0.191. The Balaban J connectivity index is 0.00000264. The first-order valence-electron chi connectivity index (χ1n) is 7.42. The van der Waals surface area contributed by atoms with Gasteiger partial charge in [0.2, 0.25) is 10.0 Å². The minimum absolute atomic E-state index is 0. The van der Waals surface area contributed by atoms with Crippen LogP contribution in [0.5, 0.6) is 5.75 Å². The zero-order valence-electron chi connectivity index (χ0n) is 13.3. The first kappa shape index (κ1) is 20.7. The van der Waals surface area contributed by atoms with Gasteiger partial charge >= 0.3 is 0 Å². The predicted octanol–water partition coefficient (Wildman–Crippen LogP) is 3.07. The van der Waals surface area contributed by atoms with Crippen LogP contribution in [-0.2, 0) is 10.0 Å². The third-order valence-corrected chi connectivity index (χ3v) is 6.64. The third kappa shape index (κ3) is 4.39. The molecule has 0 aliphatic heterocycles. The molecule has 132 valence electrons. The van der Waals surface area contributed by atoms with Crippen LogP contribution in [0, 0.1) is 5.92 Å². The van der Waals surface area contributed by atoms with Gasteiger partial charge in [0, 0.05) is 16.6 Å². The molecule has 1 aliphatic carbocycles. The summed E-state index contributed by atoms with van der Waals surface area (Å²) in [5, 5.41) is 0. The Morgan fingerprint density at radius 3 is 2.70 bits per heavy atom. The zero-order valence-corrected chi connectivity index (χ0v) is 16.6. The molecule has 2 rings (SSSR count). The molecule has 0 saturated heterocycles. The van der Waals surface area contributed by atoms with E-state index in [1.54, 1.807) is 18.2 Å². The van der Waals surface area contributed by atoms with E-state index in [9.17, 15) is 8.42 Å². The van der Waals surface area contributed by atoms with Crippen molar-refractivity contribution in [3.8, 4) is 5.75 Å². The van der Waals surface area contributed by atoms with Crippen LogP contribution in [0.15, 0.2) is 27.6 Å². The Labute approximate surface area is 152 Å². The molecule has 23 heavy (non-hydrogen) atoms. The van der Waals surface area contributed by atoms with Crippen LogP contribution < -0.4 is 15.2 Å². The maximum atomic E-state index is 12.9. The van der Waals surface area contributed by atoms with Gasteiger partial charge in [0.25, 0.3) is 0 Å². The lowest BCUT2D eigenvalue weighted by atomic mass is 9.74. The van der Waals surface area contributed by atoms with E-state index in [0.29, 0.717) is 16.8 Å². The van der Waals surface area contributed by atoms with Crippen molar-refractivity contribution in [2.45, 2.75) is 43.0 Å². The summed E-state index contributed by atoms with van der Waals surface area (Å²) in [5.41, 5.74) is 5.37. The second kappa shape index (κ2) is 8.16. The summed E-state index contributed by atoms with van der Waals surface area (Å²) >= 11 is 3.31. The van der Waals surface area contributed by atoms with Crippen molar-refractivity contribution < 1.29 is 13.2 Å². The highest BCUT2D eigenvalue weighted by Gasteiger charge is 2.41. The number of methoxy groups -OCH3 is 1. The highest BCUT2D eigenvalue weighted by Crippen LogP contribution is 2.35. The standard InChI is InChI=1S/C15H23BrN2O3S.ClH/c1-11-5-3-4-8-15(11,10-17)18-22(19,20)14-9-12(16)6-7-13(14)21-2;/h6-7,9,11,18H,3-5,8,10,17H2,1-2H3;1H. The van der Waals surface area contributed by atoms with Gasteiger partial charge in [-0.2, -0.15) is 0 Å². The fraction of sp³-hybridized carbons (Fsp3) is 0.600. The molecule has 0 amide bonds. The number of hydrogen-bond donors (Lipinski definition) is 2. The topological polar surface area (TPSA) is 81.4 Å². The van der Waals surface area contributed by atoms with Crippen LogP contribution in [0.4, 0.5) is 0 Å². The largest absolute Gasteiger partial charge is 0.495 e. The summed E-state index contributed by atoms with van der Waals surface area (Å²) in [6, 6.07) is 4.94. The van der Waals surface area contributed by atoms with Crippen LogP contribution in [0.3, 0.4) is 0 Å². The number of ether oxygens (including phenoxy) is 1. The third-order valence-electron chi connectivity index (χ3n) is 4.57. The molecule has 5 nitrogen and oxygen atoms in total. The van der Waals surface area contributed by atoms with E-state index in [2.05, 4.69) is 27.6 Å². The monoisotopic (exact) mass is 426 g/mol. The van der Waals surface area contributed by atoms with Crippen molar-refractivity contribution in [1.29, 1.82) is 0 Å². The maximum absolute atomic E-state index is 12.9. The van der Waals surface area contributed by atoms with Crippen LogP contribution in [0.2, 0.25) is 0 Å². The zero-order chi connectivity index (χ0) is 16.4. The number of halogens is 2. The van der Waals surface area contributed by atoms with Gasteiger partial charge in [-0.25, -0.2) is 13.1 Å². The van der Waals surface area contributed by atoms with Crippen molar-refractivity contribution in [2.24, 2.45) is 11.7 Å². The fourth-order valence-corrected chi connectivity index (χ4v) is 5.34. The molecular formula is C15H24BrClN2O3S. The number of benzene rings is 1. The second-order valence-electron chi connectivity index (χ2n) is 5.91. The number of rotatable bonds is 5. The van der Waals surface area contributed by atoms with E-state index in [0.717, 1.165) is 25.7 Å². The summed E-state index contributed by atoms with van der Waals surface area (Å²) in [5.74, 6) is 0.533. The summed E-state index contributed by atoms with van der Waals surface area (Å²) in [6.07, 6.45) is 3.85. The second-order valence-corrected chi connectivity index (χ2v) is 8.47. The van der Waals surface area contributed by atoms with Crippen molar-refractivity contribution in [1.82, 2.24) is 4.72 Å². The van der Waals surface area contributed by atoms with Gasteiger partial charge in [-0.15, -0.1) is 12.4 Å². The minimum atomic E-state index is -3.71. The van der Waals surface area contributed by atoms with Gasteiger partial charge in [0.15, 0.2) is 0 Å². The van der Waals surface area contributed by atoms with Gasteiger partial charge in [0.05, 0.1) is 7.11 Å². The SMILES string of the molecule is COc1ccc(Br)cc1S(=O)(=O)NC1(CN)CCCCC1C.Cl. The molecule has 2 atom stereocenters. The molecular weight excluding hydrogens is 404 g/mol. The van der Waals surface area contributed by atoms with Gasteiger partial charge in [-0.3, -0.25) is 0 Å². The molecule has 2 unspecified atom stereocenters. The molecule has 1 aliphatic rings. The molecule has 1 aromatic rings. The van der Waals surface area contributed by atoms with Crippen LogP contribution >= 0.6 is 28.3 Å². The van der Waals surface area contributed by atoms with Crippen molar-refractivity contribution in [3.63, 3.8) is 0 Å². The average molecular weight is 428 g/mol. The molecule has 0 radical (unpaired) electrons. The number of sulfonamides is 1.